The Balaban J connectivity index is 1.51. The number of nitrogens with one attached hydrogen (secondary N) is 1. The molecule has 5 rings (SSSR count). The molecule has 44 heavy (non-hydrogen) atoms. The summed E-state index contributed by atoms with van der Waals surface area (Å²) in [6.07, 6.45) is 3.70. The number of carbonyl (C=O) groups is 1. The predicted molar refractivity (Wildman–Crippen MR) is 165 cm³/mol. The van der Waals surface area contributed by atoms with Crippen molar-refractivity contribution in [1.29, 1.82) is 0 Å². The molecule has 12 heteroatoms. The van der Waals surface area contributed by atoms with E-state index in [2.05, 4.69) is 5.32 Å². The van der Waals surface area contributed by atoms with Crippen LogP contribution >= 0.6 is 11.3 Å². The Morgan fingerprint density at radius 2 is 1.75 bits per heavy atom. The zero-order chi connectivity index (χ0) is 31.7. The Bertz CT molecular complexity index is 1420. The van der Waals surface area contributed by atoms with Crippen molar-refractivity contribution in [2.24, 2.45) is 11.8 Å². The number of halogens is 3. The van der Waals surface area contributed by atoms with Gasteiger partial charge < -0.3 is 10.1 Å². The summed E-state index contributed by atoms with van der Waals surface area (Å²) in [5.74, 6) is -1.41. The predicted octanol–water partition coefficient (Wildman–Crippen LogP) is 7.10. The third-order valence-electron chi connectivity index (χ3n) is 9.17. The molecule has 2 aromatic rings. The van der Waals surface area contributed by atoms with E-state index in [-0.39, 0.29) is 36.2 Å². The quantitative estimate of drug-likeness (QED) is 0.344. The number of hydrogen-bond donors (Lipinski definition) is 1. The summed E-state index contributed by atoms with van der Waals surface area (Å²) in [5, 5.41) is 3.50. The van der Waals surface area contributed by atoms with Crippen molar-refractivity contribution in [3.8, 4) is 10.4 Å². The van der Waals surface area contributed by atoms with E-state index in [1.54, 1.807) is 6.07 Å². The zero-order valence-corrected chi connectivity index (χ0v) is 27.5. The first-order valence-corrected chi connectivity index (χ1v) is 18.1. The van der Waals surface area contributed by atoms with Gasteiger partial charge >= 0.3 is 6.18 Å². The normalized spacial score (nSPS) is 21.8. The van der Waals surface area contributed by atoms with Crippen molar-refractivity contribution in [3.05, 3.63) is 34.5 Å². The van der Waals surface area contributed by atoms with Crippen molar-refractivity contribution >= 4 is 27.3 Å². The third-order valence-corrected chi connectivity index (χ3v) is 12.2. The van der Waals surface area contributed by atoms with Gasteiger partial charge in [0, 0.05) is 32.3 Å². The van der Waals surface area contributed by atoms with Crippen LogP contribution in [-0.4, -0.2) is 62.1 Å². The summed E-state index contributed by atoms with van der Waals surface area (Å²) in [4.78, 5) is 19.1. The van der Waals surface area contributed by atoms with Crippen molar-refractivity contribution in [1.82, 2.24) is 14.6 Å². The van der Waals surface area contributed by atoms with E-state index < -0.39 is 34.1 Å². The molecule has 3 heterocycles. The minimum Gasteiger partial charge on any atom is -0.381 e. The lowest BCUT2D eigenvalue weighted by Gasteiger charge is -2.34. The second-order valence-corrected chi connectivity index (χ2v) is 16.5. The number of carbonyl (C=O) groups excluding carboxylic acids is 1. The number of benzene rings is 1. The fourth-order valence-electron chi connectivity index (χ4n) is 6.62. The Morgan fingerprint density at radius 1 is 1.05 bits per heavy atom. The van der Waals surface area contributed by atoms with Gasteiger partial charge in [0.15, 0.2) is 5.01 Å². The second-order valence-electron chi connectivity index (χ2n) is 13.6. The van der Waals surface area contributed by atoms with Crippen molar-refractivity contribution < 1.29 is 31.1 Å². The van der Waals surface area contributed by atoms with Crippen LogP contribution in [0.15, 0.2) is 23.1 Å². The Labute approximate surface area is 263 Å². The van der Waals surface area contributed by atoms with Gasteiger partial charge in [-0.15, -0.1) is 11.3 Å². The van der Waals surface area contributed by atoms with Crippen LogP contribution in [0.25, 0.3) is 10.4 Å². The number of rotatable bonds is 7. The minimum absolute atomic E-state index is 0.0346. The van der Waals surface area contributed by atoms with Crippen LogP contribution in [0.3, 0.4) is 0 Å². The Morgan fingerprint density at radius 3 is 2.41 bits per heavy atom. The number of piperidine rings is 1. The summed E-state index contributed by atoms with van der Waals surface area (Å²) in [6, 6.07) is 5.14. The first-order valence-electron chi connectivity index (χ1n) is 15.8. The summed E-state index contributed by atoms with van der Waals surface area (Å²) in [5.41, 5.74) is 1.54. The molecule has 1 N–H and O–H groups in total. The van der Waals surface area contributed by atoms with E-state index in [1.807, 2.05) is 26.8 Å². The van der Waals surface area contributed by atoms with Crippen molar-refractivity contribution in [3.63, 3.8) is 0 Å². The lowest BCUT2D eigenvalue weighted by molar-refractivity contribution is -0.182. The van der Waals surface area contributed by atoms with E-state index in [0.29, 0.717) is 29.7 Å². The van der Waals surface area contributed by atoms with Crippen LogP contribution < -0.4 is 5.32 Å². The number of hydrogen-bond acceptors (Lipinski definition) is 6. The van der Waals surface area contributed by atoms with Gasteiger partial charge in [0.25, 0.3) is 5.91 Å². The molecule has 3 fully saturated rings. The molecule has 1 aliphatic carbocycles. The highest BCUT2D eigenvalue weighted by molar-refractivity contribution is 7.89. The topological polar surface area (TPSA) is 88.6 Å². The maximum Gasteiger partial charge on any atom is 0.393 e. The second kappa shape index (κ2) is 13.4. The third kappa shape index (κ3) is 7.67. The molecule has 1 atom stereocenters. The first kappa shape index (κ1) is 33.3. The Kier molecular flexibility index (Phi) is 10.1. The molecule has 1 aromatic carbocycles. The maximum absolute atomic E-state index is 13.9. The zero-order valence-electron chi connectivity index (χ0n) is 25.8. The van der Waals surface area contributed by atoms with Crippen molar-refractivity contribution in [2.45, 2.75) is 108 Å². The number of sulfonamides is 1. The number of thiazole rings is 1. The smallest absolute Gasteiger partial charge is 0.381 e. The molecule has 1 saturated carbocycles. The molecule has 0 radical (unpaired) electrons. The molecule has 1 unspecified atom stereocenters. The lowest BCUT2D eigenvalue weighted by Crippen LogP contribution is -2.44. The van der Waals surface area contributed by atoms with Crippen LogP contribution in [0.4, 0.5) is 13.2 Å². The standard InChI is InChI=1S/C32H44F3N3O4S2/c1-31(2,3)25-19-22(11-12-27(25)44(40,41)38-15-7-10-23(20-38)32(33,34)35)28-26(18-21-8-5-4-6-9-21)37-30(43-28)29(39)36-24-13-16-42-17-14-24/h11-12,19,21,23-24H,4-10,13-18,20H2,1-3H3,(H,36,39). The van der Waals surface area contributed by atoms with Crippen LogP contribution in [0.1, 0.15) is 99.6 Å². The van der Waals surface area contributed by atoms with Gasteiger partial charge in [-0.2, -0.15) is 17.5 Å². The number of alkyl halides is 3. The number of amides is 1. The van der Waals surface area contributed by atoms with Crippen molar-refractivity contribution in [2.75, 3.05) is 26.3 Å². The van der Waals surface area contributed by atoms with Crippen LogP contribution in [-0.2, 0) is 26.6 Å². The maximum atomic E-state index is 13.9. The largest absolute Gasteiger partial charge is 0.393 e. The summed E-state index contributed by atoms with van der Waals surface area (Å²) in [6.45, 7) is 6.43. The Hall–Kier alpha value is -2.02. The van der Waals surface area contributed by atoms with Crippen LogP contribution in [0.2, 0.25) is 0 Å². The molecular formula is C32H44F3N3O4S2. The van der Waals surface area contributed by atoms with E-state index in [0.717, 1.165) is 52.5 Å². The average Bonchev–Trinajstić information content (AvgIpc) is 3.41. The molecule has 244 valence electrons. The fraction of sp³-hybridized carbons (Fsp3) is 0.688. The molecule has 0 spiro atoms. The molecule has 2 aliphatic heterocycles. The van der Waals surface area contributed by atoms with Gasteiger partial charge in [0.2, 0.25) is 10.0 Å². The van der Waals surface area contributed by atoms with E-state index >= 15 is 0 Å². The summed E-state index contributed by atoms with van der Waals surface area (Å²) >= 11 is 1.32. The average molecular weight is 656 g/mol. The lowest BCUT2D eigenvalue weighted by atomic mass is 9.84. The molecule has 1 amide bonds. The molecule has 0 bridgehead atoms. The van der Waals surface area contributed by atoms with E-state index in [9.17, 15) is 26.4 Å². The van der Waals surface area contributed by atoms with Gasteiger partial charge in [-0.3, -0.25) is 4.79 Å². The highest BCUT2D eigenvalue weighted by atomic mass is 32.2. The molecule has 2 saturated heterocycles. The van der Waals surface area contributed by atoms with Gasteiger partial charge in [-0.25, -0.2) is 13.4 Å². The van der Waals surface area contributed by atoms with Crippen LogP contribution in [0, 0.1) is 11.8 Å². The van der Waals surface area contributed by atoms with Gasteiger partial charge in [-0.1, -0.05) is 58.9 Å². The molecule has 7 nitrogen and oxygen atoms in total. The molecular weight excluding hydrogens is 611 g/mol. The first-order chi connectivity index (χ1) is 20.7. The van der Waals surface area contributed by atoms with Gasteiger partial charge in [0.05, 0.1) is 21.4 Å². The monoisotopic (exact) mass is 655 g/mol. The number of ether oxygens (including phenoxy) is 1. The fourth-order valence-corrected chi connectivity index (χ4v) is 9.52. The molecule has 3 aliphatic rings. The number of aromatic nitrogens is 1. The van der Waals surface area contributed by atoms with Gasteiger partial charge in [-0.05, 0) is 66.7 Å². The van der Waals surface area contributed by atoms with Crippen LogP contribution in [0.5, 0.6) is 0 Å². The minimum atomic E-state index is -4.44. The summed E-state index contributed by atoms with van der Waals surface area (Å²) < 4.78 is 74.8. The molecule has 1 aromatic heterocycles. The highest BCUT2D eigenvalue weighted by Crippen LogP contribution is 2.41. The number of nitrogens with zero attached hydrogens (tertiary/aromatic N) is 2. The SMILES string of the molecule is CC(C)(C)c1cc(-c2sc(C(=O)NC3CCOCC3)nc2CC2CCCCC2)ccc1S(=O)(=O)N1CCCC(C(F)(F)F)C1. The van der Waals surface area contributed by atoms with E-state index in [1.165, 1.54) is 36.7 Å². The highest BCUT2D eigenvalue weighted by Gasteiger charge is 2.45. The summed E-state index contributed by atoms with van der Waals surface area (Å²) in [7, 11) is -4.18. The van der Waals surface area contributed by atoms with E-state index in [4.69, 9.17) is 9.72 Å². The van der Waals surface area contributed by atoms with Gasteiger partial charge in [0.1, 0.15) is 0 Å².